The lowest BCUT2D eigenvalue weighted by atomic mass is 10.1. The summed E-state index contributed by atoms with van der Waals surface area (Å²) >= 11 is 0. The number of rotatable bonds is 2. The first-order valence-electron chi connectivity index (χ1n) is 9.35. The quantitative estimate of drug-likeness (QED) is 0.801. The van der Waals surface area contributed by atoms with E-state index in [0.717, 1.165) is 18.7 Å². The van der Waals surface area contributed by atoms with Gasteiger partial charge in [-0.25, -0.2) is 0 Å². The van der Waals surface area contributed by atoms with Crippen LogP contribution >= 0.6 is 0 Å². The predicted octanol–water partition coefficient (Wildman–Crippen LogP) is 2.30. The van der Waals surface area contributed by atoms with Crippen LogP contribution in [0.4, 0.5) is 17.1 Å². The summed E-state index contributed by atoms with van der Waals surface area (Å²) in [5, 5.41) is 12.2. The minimum atomic E-state index is -0.634. The van der Waals surface area contributed by atoms with Crippen molar-refractivity contribution in [2.75, 3.05) is 29.9 Å². The van der Waals surface area contributed by atoms with Gasteiger partial charge in [-0.3, -0.25) is 9.59 Å². The highest BCUT2D eigenvalue weighted by Gasteiger charge is 2.26. The number of carbonyl (C=O) groups excluding carboxylic acids is 2. The smallest absolute Gasteiger partial charge is 0.313 e. The molecular formula is C21H23N3O3. The third kappa shape index (κ3) is 3.66. The summed E-state index contributed by atoms with van der Waals surface area (Å²) in [6.07, 6.45) is 1.68. The lowest BCUT2D eigenvalue weighted by Gasteiger charge is -2.28. The molecule has 4 rings (SSSR count). The second-order valence-corrected chi connectivity index (χ2v) is 7.05. The molecule has 2 aliphatic rings. The van der Waals surface area contributed by atoms with E-state index >= 15 is 0 Å². The zero-order chi connectivity index (χ0) is 18.8. The Morgan fingerprint density at radius 1 is 0.963 bits per heavy atom. The lowest BCUT2D eigenvalue weighted by molar-refractivity contribution is -0.144. The topological polar surface area (TPSA) is 72.9 Å². The van der Waals surface area contributed by atoms with Gasteiger partial charge in [0.1, 0.15) is 0 Å². The number of amides is 2. The van der Waals surface area contributed by atoms with Crippen LogP contribution < -0.4 is 10.2 Å². The molecule has 2 aliphatic heterocycles. The number of hydrogen-bond donors (Lipinski definition) is 2. The number of anilines is 3. The fraction of sp³-hybridized carbons (Fsp3) is 0.333. The van der Waals surface area contributed by atoms with Gasteiger partial charge in [0, 0.05) is 36.7 Å². The number of nitrogens with one attached hydrogen (secondary N) is 1. The Labute approximate surface area is 158 Å². The summed E-state index contributed by atoms with van der Waals surface area (Å²) in [6.45, 7) is 1.77. The molecule has 6 heteroatoms. The van der Waals surface area contributed by atoms with Gasteiger partial charge >= 0.3 is 11.8 Å². The molecular weight excluding hydrogens is 342 g/mol. The number of piperidine rings is 1. The highest BCUT2D eigenvalue weighted by molar-refractivity contribution is 6.39. The second kappa shape index (κ2) is 7.40. The zero-order valence-electron chi connectivity index (χ0n) is 15.1. The molecule has 0 spiro atoms. The van der Waals surface area contributed by atoms with E-state index in [1.54, 1.807) is 0 Å². The van der Waals surface area contributed by atoms with Gasteiger partial charge in [0.2, 0.25) is 0 Å². The largest absolute Gasteiger partial charge is 0.393 e. The lowest BCUT2D eigenvalue weighted by Crippen LogP contribution is -2.45. The first-order chi connectivity index (χ1) is 13.1. The average Bonchev–Trinajstić information content (AvgIpc) is 3.13. The Hall–Kier alpha value is -2.86. The van der Waals surface area contributed by atoms with Crippen LogP contribution in [0.2, 0.25) is 0 Å². The predicted molar refractivity (Wildman–Crippen MR) is 104 cm³/mol. The van der Waals surface area contributed by atoms with Crippen molar-refractivity contribution in [2.24, 2.45) is 0 Å². The van der Waals surface area contributed by atoms with Crippen LogP contribution in [-0.4, -0.2) is 47.6 Å². The van der Waals surface area contributed by atoms with Crippen LogP contribution in [0.25, 0.3) is 0 Å². The maximum atomic E-state index is 12.2. The second-order valence-electron chi connectivity index (χ2n) is 7.05. The molecule has 0 saturated carbocycles. The van der Waals surface area contributed by atoms with Crippen LogP contribution in [0.1, 0.15) is 18.4 Å². The summed E-state index contributed by atoms with van der Waals surface area (Å²) < 4.78 is 0. The average molecular weight is 365 g/mol. The molecule has 6 nitrogen and oxygen atoms in total. The van der Waals surface area contributed by atoms with Gasteiger partial charge in [0.25, 0.3) is 0 Å². The molecule has 2 amide bonds. The fourth-order valence-corrected chi connectivity index (χ4v) is 3.73. The van der Waals surface area contributed by atoms with Crippen LogP contribution in [0.15, 0.2) is 48.5 Å². The Bertz CT molecular complexity index is 842. The van der Waals surface area contributed by atoms with E-state index in [1.165, 1.54) is 16.2 Å². The molecule has 0 atom stereocenters. The number of nitrogens with zero attached hydrogens (tertiary/aromatic N) is 2. The standard InChI is InChI=1S/C21H23N3O3/c25-18-10-12-23(13-11-18)21(27)20(26)22-16-5-7-17(8-6-16)24-14-9-15-3-1-2-4-19(15)24/h1-8,18,25H,9-14H2,(H,22,26). The minimum absolute atomic E-state index is 0.375. The molecule has 27 heavy (non-hydrogen) atoms. The van der Waals surface area contributed by atoms with Crippen molar-refractivity contribution in [3.63, 3.8) is 0 Å². The summed E-state index contributed by atoms with van der Waals surface area (Å²) in [5.74, 6) is -1.18. The van der Waals surface area contributed by atoms with Crippen molar-refractivity contribution in [1.82, 2.24) is 4.90 Å². The first kappa shape index (κ1) is 17.5. The SMILES string of the molecule is O=C(Nc1ccc(N2CCc3ccccc32)cc1)C(=O)N1CCC(O)CC1. The monoisotopic (exact) mass is 365 g/mol. The van der Waals surface area contributed by atoms with Crippen molar-refractivity contribution >= 4 is 28.9 Å². The van der Waals surface area contributed by atoms with Gasteiger partial charge in [-0.15, -0.1) is 0 Å². The summed E-state index contributed by atoms with van der Waals surface area (Å²) in [7, 11) is 0. The van der Waals surface area contributed by atoms with Crippen LogP contribution in [-0.2, 0) is 16.0 Å². The van der Waals surface area contributed by atoms with E-state index in [4.69, 9.17) is 0 Å². The Kier molecular flexibility index (Phi) is 4.81. The van der Waals surface area contributed by atoms with Crippen LogP contribution in [0, 0.1) is 0 Å². The maximum Gasteiger partial charge on any atom is 0.313 e. The Morgan fingerprint density at radius 2 is 1.67 bits per heavy atom. The highest BCUT2D eigenvalue weighted by Crippen LogP contribution is 2.34. The molecule has 0 unspecified atom stereocenters. The number of benzene rings is 2. The third-order valence-electron chi connectivity index (χ3n) is 5.27. The van der Waals surface area contributed by atoms with Crippen molar-refractivity contribution in [1.29, 1.82) is 0 Å². The van der Waals surface area contributed by atoms with E-state index in [-0.39, 0.29) is 6.10 Å². The van der Waals surface area contributed by atoms with Crippen molar-refractivity contribution in [2.45, 2.75) is 25.4 Å². The summed E-state index contributed by atoms with van der Waals surface area (Å²) in [6, 6.07) is 15.9. The van der Waals surface area contributed by atoms with Crippen LogP contribution in [0.3, 0.4) is 0 Å². The number of hydrogen-bond acceptors (Lipinski definition) is 4. The zero-order valence-corrected chi connectivity index (χ0v) is 15.1. The summed E-state index contributed by atoms with van der Waals surface area (Å²) in [5.41, 5.74) is 4.22. The molecule has 0 radical (unpaired) electrons. The van der Waals surface area contributed by atoms with E-state index in [1.807, 2.05) is 30.3 Å². The van der Waals surface area contributed by atoms with Gasteiger partial charge in [-0.1, -0.05) is 18.2 Å². The van der Waals surface area contributed by atoms with Crippen molar-refractivity contribution in [3.8, 4) is 0 Å². The van der Waals surface area contributed by atoms with Crippen molar-refractivity contribution in [3.05, 3.63) is 54.1 Å². The fourth-order valence-electron chi connectivity index (χ4n) is 3.73. The van der Waals surface area contributed by atoms with Gasteiger partial charge in [0.15, 0.2) is 0 Å². The van der Waals surface area contributed by atoms with Crippen LogP contribution in [0.5, 0.6) is 0 Å². The molecule has 0 aromatic heterocycles. The van der Waals surface area contributed by atoms with E-state index in [2.05, 4.69) is 28.4 Å². The summed E-state index contributed by atoms with van der Waals surface area (Å²) in [4.78, 5) is 28.2. The minimum Gasteiger partial charge on any atom is -0.393 e. The van der Waals surface area contributed by atoms with E-state index < -0.39 is 11.8 Å². The highest BCUT2D eigenvalue weighted by atomic mass is 16.3. The Morgan fingerprint density at radius 3 is 2.41 bits per heavy atom. The number of carbonyl (C=O) groups is 2. The molecule has 2 aromatic rings. The molecule has 0 bridgehead atoms. The number of aliphatic hydroxyl groups excluding tert-OH is 1. The number of para-hydroxylation sites is 1. The maximum absolute atomic E-state index is 12.2. The Balaban J connectivity index is 1.40. The van der Waals surface area contributed by atoms with E-state index in [0.29, 0.717) is 31.6 Å². The molecule has 1 fully saturated rings. The van der Waals surface area contributed by atoms with Gasteiger partial charge < -0.3 is 20.2 Å². The number of aliphatic hydroxyl groups is 1. The molecule has 1 saturated heterocycles. The molecule has 2 N–H and O–H groups in total. The molecule has 140 valence electrons. The van der Waals surface area contributed by atoms with Gasteiger partial charge in [-0.05, 0) is 55.2 Å². The first-order valence-corrected chi connectivity index (χ1v) is 9.35. The van der Waals surface area contributed by atoms with Crippen molar-refractivity contribution < 1.29 is 14.7 Å². The normalized spacial score (nSPS) is 16.9. The van der Waals surface area contributed by atoms with E-state index in [9.17, 15) is 14.7 Å². The molecule has 2 heterocycles. The molecule has 2 aromatic carbocycles. The van der Waals surface area contributed by atoms with Gasteiger partial charge in [-0.2, -0.15) is 0 Å². The third-order valence-corrected chi connectivity index (χ3v) is 5.27. The molecule has 0 aliphatic carbocycles. The number of fused-ring (bicyclic) bond motifs is 1. The van der Waals surface area contributed by atoms with Gasteiger partial charge in [0.05, 0.1) is 6.10 Å². The number of likely N-dealkylation sites (tertiary alicyclic amines) is 1.